The maximum Gasteiger partial charge on any atom is 0.410 e. The summed E-state index contributed by atoms with van der Waals surface area (Å²) < 4.78 is 41.0. The zero-order chi connectivity index (χ0) is 35.0. The number of carbonyl (C=O) groups is 2. The second-order valence-electron chi connectivity index (χ2n) is 15.4. The fourth-order valence-corrected chi connectivity index (χ4v) is 8.91. The van der Waals surface area contributed by atoms with Gasteiger partial charge in [-0.3, -0.25) is 9.69 Å². The summed E-state index contributed by atoms with van der Waals surface area (Å²) in [7, 11) is 1.64. The molecular weight excluding hydrogens is 628 g/mol. The van der Waals surface area contributed by atoms with Gasteiger partial charge in [0, 0.05) is 76.4 Å². The molecule has 2 aromatic rings. The molecular formula is C38H55F2N5O4. The number of hydrogen-bond donors (Lipinski definition) is 0. The summed E-state index contributed by atoms with van der Waals surface area (Å²) in [5.74, 6) is -1.40. The molecule has 1 aromatic carbocycles. The number of piperidine rings is 2. The Kier molecular flexibility index (Phi) is 10.3. The third-order valence-corrected chi connectivity index (χ3v) is 12.3. The highest BCUT2D eigenvalue weighted by molar-refractivity contribution is 5.96. The van der Waals surface area contributed by atoms with Gasteiger partial charge in [-0.15, -0.1) is 0 Å². The number of hydrogen-bond acceptors (Lipinski definition) is 6. The van der Waals surface area contributed by atoms with Crippen molar-refractivity contribution in [1.29, 1.82) is 0 Å². The van der Waals surface area contributed by atoms with E-state index in [1.54, 1.807) is 7.11 Å². The number of rotatable bonds is 9. The van der Waals surface area contributed by atoms with Gasteiger partial charge in [0.1, 0.15) is 11.4 Å². The summed E-state index contributed by atoms with van der Waals surface area (Å²) in [6.07, 6.45) is 7.02. The van der Waals surface area contributed by atoms with Crippen molar-refractivity contribution < 1.29 is 27.8 Å². The summed E-state index contributed by atoms with van der Waals surface area (Å²) >= 11 is 0. The predicted octanol–water partition coefficient (Wildman–Crippen LogP) is 7.41. The lowest BCUT2D eigenvalue weighted by molar-refractivity contribution is -0.135. The number of alkyl halides is 2. The molecule has 1 aromatic heterocycles. The van der Waals surface area contributed by atoms with Crippen LogP contribution in [-0.2, 0) is 4.74 Å². The minimum Gasteiger partial charge on any atom is -0.497 e. The van der Waals surface area contributed by atoms with Crippen molar-refractivity contribution in [2.75, 3.05) is 46.4 Å². The van der Waals surface area contributed by atoms with Crippen LogP contribution in [0.1, 0.15) is 106 Å². The fourth-order valence-electron chi connectivity index (χ4n) is 8.91. The van der Waals surface area contributed by atoms with Crippen LogP contribution in [0.2, 0.25) is 0 Å². The summed E-state index contributed by atoms with van der Waals surface area (Å²) in [4.78, 5) is 33.6. The van der Waals surface area contributed by atoms with E-state index in [4.69, 9.17) is 14.6 Å². The standard InChI is InChI=1S/C38H55F2N5O4/c1-6-7-8-30-26-43(25-29-13-15-38(39,40)16-14-29)35(47)49-37(30)19-23-44(24-20-37)36(4)17-21-42(22-18-36)34(46)33-27(2)41-45(28(33)3)31-9-11-32(48-5)12-10-31/h9-12,29-30H,6-8,13-26H2,1-5H3. The zero-order valence-electron chi connectivity index (χ0n) is 30.1. The van der Waals surface area contributed by atoms with Gasteiger partial charge in [-0.05, 0) is 83.1 Å². The van der Waals surface area contributed by atoms with E-state index in [-0.39, 0.29) is 42.2 Å². The van der Waals surface area contributed by atoms with Crippen LogP contribution in [0.5, 0.6) is 5.75 Å². The van der Waals surface area contributed by atoms with Gasteiger partial charge in [0.25, 0.3) is 5.91 Å². The molecule has 0 N–H and O–H groups in total. The molecule has 2 amide bonds. The zero-order valence-corrected chi connectivity index (χ0v) is 30.1. The molecule has 1 atom stereocenters. The lowest BCUT2D eigenvalue weighted by Gasteiger charge is -2.55. The maximum absolute atomic E-state index is 13.9. The third-order valence-electron chi connectivity index (χ3n) is 12.3. The number of halogens is 2. The van der Waals surface area contributed by atoms with Crippen LogP contribution >= 0.6 is 0 Å². The molecule has 1 unspecified atom stereocenters. The van der Waals surface area contributed by atoms with E-state index in [0.29, 0.717) is 44.6 Å². The Bertz CT molecular complexity index is 1470. The molecule has 11 heteroatoms. The van der Waals surface area contributed by atoms with Crippen LogP contribution in [0.4, 0.5) is 13.6 Å². The van der Waals surface area contributed by atoms with Crippen molar-refractivity contribution in [3.05, 3.63) is 41.2 Å². The number of aromatic nitrogens is 2. The molecule has 4 fully saturated rings. The number of amides is 2. The van der Waals surface area contributed by atoms with Gasteiger partial charge in [0.15, 0.2) is 0 Å². The number of nitrogens with zero attached hydrogens (tertiary/aromatic N) is 5. The Morgan fingerprint density at radius 3 is 2.27 bits per heavy atom. The molecule has 3 aliphatic heterocycles. The largest absolute Gasteiger partial charge is 0.497 e. The van der Waals surface area contributed by atoms with Gasteiger partial charge < -0.3 is 19.3 Å². The highest BCUT2D eigenvalue weighted by Gasteiger charge is 2.52. The van der Waals surface area contributed by atoms with Gasteiger partial charge in [-0.2, -0.15) is 5.10 Å². The summed E-state index contributed by atoms with van der Waals surface area (Å²) in [5.41, 5.74) is 2.62. The number of aryl methyl sites for hydroxylation is 1. The highest BCUT2D eigenvalue weighted by atomic mass is 19.3. The van der Waals surface area contributed by atoms with Crippen LogP contribution in [0.25, 0.3) is 5.69 Å². The maximum atomic E-state index is 13.9. The third kappa shape index (κ3) is 7.33. The first-order chi connectivity index (χ1) is 23.4. The Hall–Kier alpha value is -3.21. The quantitative estimate of drug-likeness (QED) is 0.274. The summed E-state index contributed by atoms with van der Waals surface area (Å²) in [6.45, 7) is 12.6. The van der Waals surface area contributed by atoms with E-state index < -0.39 is 11.5 Å². The van der Waals surface area contributed by atoms with Crippen LogP contribution < -0.4 is 4.74 Å². The SMILES string of the molecule is CCCCC1CN(CC2CCC(F)(F)CC2)C(=O)OC12CCN(C1(C)CCN(C(=O)c3c(C)nn(-c4ccc(OC)cc4)c3C)CC1)CC2. The molecule has 270 valence electrons. The smallest absolute Gasteiger partial charge is 0.410 e. The molecule has 49 heavy (non-hydrogen) atoms. The average molecular weight is 684 g/mol. The Morgan fingerprint density at radius 1 is 1.00 bits per heavy atom. The molecule has 1 spiro atoms. The van der Waals surface area contributed by atoms with Crippen LogP contribution in [0, 0.1) is 25.7 Å². The molecule has 4 heterocycles. The van der Waals surface area contributed by atoms with Crippen molar-refractivity contribution in [2.45, 2.75) is 115 Å². The monoisotopic (exact) mass is 683 g/mol. The summed E-state index contributed by atoms with van der Waals surface area (Å²) in [5, 5.41) is 4.72. The lowest BCUT2D eigenvalue weighted by Crippen LogP contribution is -2.64. The van der Waals surface area contributed by atoms with E-state index in [9.17, 15) is 18.4 Å². The Labute approximate surface area is 290 Å². The minimum absolute atomic E-state index is 0.0359. The van der Waals surface area contributed by atoms with Crippen LogP contribution in [0.15, 0.2) is 24.3 Å². The molecule has 0 bridgehead atoms. The second kappa shape index (κ2) is 14.2. The van der Waals surface area contributed by atoms with Gasteiger partial charge in [-0.1, -0.05) is 19.8 Å². The van der Waals surface area contributed by atoms with E-state index in [1.165, 1.54) is 0 Å². The molecule has 3 saturated heterocycles. The topological polar surface area (TPSA) is 80.1 Å². The predicted molar refractivity (Wildman–Crippen MR) is 185 cm³/mol. The van der Waals surface area contributed by atoms with E-state index >= 15 is 0 Å². The second-order valence-corrected chi connectivity index (χ2v) is 15.4. The van der Waals surface area contributed by atoms with Crippen LogP contribution in [-0.4, -0.2) is 99.9 Å². The Balaban J connectivity index is 1.06. The van der Waals surface area contributed by atoms with Crippen LogP contribution in [0.3, 0.4) is 0 Å². The molecule has 6 rings (SSSR count). The number of unbranched alkanes of at least 4 members (excludes halogenated alkanes) is 1. The number of likely N-dealkylation sites (tertiary alicyclic amines) is 2. The lowest BCUT2D eigenvalue weighted by atomic mass is 9.74. The number of methoxy groups -OCH3 is 1. The van der Waals surface area contributed by atoms with Gasteiger partial charge in [0.05, 0.1) is 29.7 Å². The van der Waals surface area contributed by atoms with Gasteiger partial charge in [-0.25, -0.2) is 18.3 Å². The van der Waals surface area contributed by atoms with E-state index in [1.807, 2.05) is 52.6 Å². The normalized spacial score (nSPS) is 24.2. The highest BCUT2D eigenvalue weighted by Crippen LogP contribution is 2.44. The molecule has 1 saturated carbocycles. The summed E-state index contributed by atoms with van der Waals surface area (Å²) in [6, 6.07) is 7.68. The molecule has 0 radical (unpaired) electrons. The van der Waals surface area contributed by atoms with Gasteiger partial charge in [0.2, 0.25) is 5.92 Å². The van der Waals surface area contributed by atoms with Crippen molar-refractivity contribution >= 4 is 12.0 Å². The first kappa shape index (κ1) is 35.6. The molecule has 9 nitrogen and oxygen atoms in total. The average Bonchev–Trinajstić information content (AvgIpc) is 3.39. The first-order valence-corrected chi connectivity index (χ1v) is 18.5. The van der Waals surface area contributed by atoms with E-state index in [2.05, 4.69) is 18.7 Å². The van der Waals surface area contributed by atoms with Crippen molar-refractivity contribution in [3.63, 3.8) is 0 Å². The minimum atomic E-state index is -2.57. The van der Waals surface area contributed by atoms with Gasteiger partial charge >= 0.3 is 6.09 Å². The first-order valence-electron chi connectivity index (χ1n) is 18.5. The number of ether oxygens (including phenoxy) is 2. The fraction of sp³-hybridized carbons (Fsp3) is 0.711. The number of carbonyl (C=O) groups excluding carboxylic acids is 2. The molecule has 1 aliphatic carbocycles. The van der Waals surface area contributed by atoms with Crippen molar-refractivity contribution in [1.82, 2.24) is 24.5 Å². The van der Waals surface area contributed by atoms with Crippen molar-refractivity contribution in [2.24, 2.45) is 11.8 Å². The number of benzene rings is 1. The van der Waals surface area contributed by atoms with Crippen molar-refractivity contribution in [3.8, 4) is 11.4 Å². The van der Waals surface area contributed by atoms with E-state index in [0.717, 1.165) is 80.9 Å². The Morgan fingerprint density at radius 2 is 1.65 bits per heavy atom. The molecule has 4 aliphatic rings.